The van der Waals surface area contributed by atoms with Gasteiger partial charge in [0.1, 0.15) is 11.5 Å². The Morgan fingerprint density at radius 3 is 2.67 bits per heavy atom. The molecular weight excluding hydrogens is 366 g/mol. The Bertz CT molecular complexity index is 816. The van der Waals surface area contributed by atoms with E-state index in [1.165, 1.54) is 18.4 Å². The minimum Gasteiger partial charge on any atom is -0.483 e. The molecule has 0 radical (unpaired) electrons. The summed E-state index contributed by atoms with van der Waals surface area (Å²) < 4.78 is 10.6. The lowest BCUT2D eigenvalue weighted by Gasteiger charge is -2.14. The van der Waals surface area contributed by atoms with Gasteiger partial charge in [0.15, 0.2) is 11.7 Å². The summed E-state index contributed by atoms with van der Waals surface area (Å²) in [6.07, 6.45) is 4.26. The van der Waals surface area contributed by atoms with Gasteiger partial charge in [-0.3, -0.25) is 25.8 Å². The van der Waals surface area contributed by atoms with Gasteiger partial charge < -0.3 is 9.15 Å². The fraction of sp³-hybridized carbons (Fsp3) is 0.211. The first kappa shape index (κ1) is 20.2. The minimum absolute atomic E-state index is 0.0416. The van der Waals surface area contributed by atoms with Gasteiger partial charge in [0.05, 0.1) is 6.26 Å². The van der Waals surface area contributed by atoms with Crippen LogP contribution in [0, 0.1) is 0 Å². The standard InChI is InChI=1S/C19H21N3O4S/c1-13(2)15-7-3-4-8-16(15)26-12-18(24)21-22-19(27)20-17(23)10-9-14-6-5-11-25-14/h3-11,13H,12H2,1-2H3,(H,21,24)(H2,20,22,23,27)/b10-9+. The van der Waals surface area contributed by atoms with Crippen LogP contribution in [0.25, 0.3) is 6.08 Å². The number of carbonyl (C=O) groups is 2. The molecule has 1 heterocycles. The summed E-state index contributed by atoms with van der Waals surface area (Å²) in [5, 5.41) is 2.35. The lowest BCUT2D eigenvalue weighted by atomic mass is 10.0. The van der Waals surface area contributed by atoms with Crippen molar-refractivity contribution < 1.29 is 18.7 Å². The van der Waals surface area contributed by atoms with Crippen molar-refractivity contribution in [3.63, 3.8) is 0 Å². The summed E-state index contributed by atoms with van der Waals surface area (Å²) in [6, 6.07) is 11.0. The highest BCUT2D eigenvalue weighted by molar-refractivity contribution is 7.80. The van der Waals surface area contributed by atoms with Crippen molar-refractivity contribution >= 4 is 35.2 Å². The summed E-state index contributed by atoms with van der Waals surface area (Å²) in [5.74, 6) is 0.578. The van der Waals surface area contributed by atoms with Crippen molar-refractivity contribution in [3.05, 3.63) is 60.1 Å². The van der Waals surface area contributed by atoms with Crippen LogP contribution in [0.4, 0.5) is 0 Å². The average Bonchev–Trinajstić information content (AvgIpc) is 3.17. The van der Waals surface area contributed by atoms with E-state index >= 15 is 0 Å². The highest BCUT2D eigenvalue weighted by Gasteiger charge is 2.09. The highest BCUT2D eigenvalue weighted by Crippen LogP contribution is 2.25. The zero-order valence-corrected chi connectivity index (χ0v) is 15.8. The normalized spacial score (nSPS) is 10.6. The predicted octanol–water partition coefficient (Wildman–Crippen LogP) is 2.52. The number of nitrogens with one attached hydrogen (secondary N) is 3. The maximum absolute atomic E-state index is 11.9. The van der Waals surface area contributed by atoms with E-state index in [0.717, 1.165) is 5.56 Å². The van der Waals surface area contributed by atoms with Crippen LogP contribution in [-0.4, -0.2) is 23.5 Å². The van der Waals surface area contributed by atoms with Crippen LogP contribution >= 0.6 is 12.2 Å². The first-order valence-corrected chi connectivity index (χ1v) is 8.69. The molecule has 0 spiro atoms. The molecule has 2 amide bonds. The van der Waals surface area contributed by atoms with E-state index in [1.807, 2.05) is 38.1 Å². The summed E-state index contributed by atoms with van der Waals surface area (Å²) in [4.78, 5) is 23.6. The lowest BCUT2D eigenvalue weighted by molar-refractivity contribution is -0.123. The Balaban J connectivity index is 1.72. The molecular formula is C19H21N3O4S. The molecule has 0 atom stereocenters. The molecule has 8 heteroatoms. The summed E-state index contributed by atoms with van der Waals surface area (Å²) in [5.41, 5.74) is 5.82. The molecule has 0 aliphatic rings. The van der Waals surface area contributed by atoms with Crippen molar-refractivity contribution in [2.24, 2.45) is 0 Å². The second-order valence-electron chi connectivity index (χ2n) is 5.82. The second kappa shape index (κ2) is 10.1. The fourth-order valence-corrected chi connectivity index (χ4v) is 2.28. The topological polar surface area (TPSA) is 92.6 Å². The van der Waals surface area contributed by atoms with Crippen molar-refractivity contribution in [2.75, 3.05) is 6.61 Å². The average molecular weight is 387 g/mol. The van der Waals surface area contributed by atoms with Crippen molar-refractivity contribution in [3.8, 4) is 5.75 Å². The molecule has 2 aromatic rings. The van der Waals surface area contributed by atoms with E-state index in [2.05, 4.69) is 16.2 Å². The summed E-state index contributed by atoms with van der Waals surface area (Å²) in [7, 11) is 0. The monoisotopic (exact) mass is 387 g/mol. The molecule has 1 aromatic heterocycles. The number of hydrogen-bond acceptors (Lipinski definition) is 5. The molecule has 1 aromatic carbocycles. The largest absolute Gasteiger partial charge is 0.483 e. The van der Waals surface area contributed by atoms with Crippen molar-refractivity contribution in [1.82, 2.24) is 16.2 Å². The lowest BCUT2D eigenvalue weighted by Crippen LogP contribution is -2.49. The number of carbonyl (C=O) groups excluding carboxylic acids is 2. The van der Waals surface area contributed by atoms with E-state index < -0.39 is 11.8 Å². The molecule has 3 N–H and O–H groups in total. The van der Waals surface area contributed by atoms with Crippen LogP contribution in [0.15, 0.2) is 53.2 Å². The molecule has 0 fully saturated rings. The van der Waals surface area contributed by atoms with Gasteiger partial charge in [0.2, 0.25) is 5.91 Å². The Labute approximate surface area is 162 Å². The summed E-state index contributed by atoms with van der Waals surface area (Å²) >= 11 is 4.94. The molecule has 0 saturated carbocycles. The number of furan rings is 1. The maximum Gasteiger partial charge on any atom is 0.276 e. The van der Waals surface area contributed by atoms with Crippen LogP contribution in [-0.2, 0) is 9.59 Å². The highest BCUT2D eigenvalue weighted by atomic mass is 32.1. The second-order valence-corrected chi connectivity index (χ2v) is 6.23. The van der Waals surface area contributed by atoms with Gasteiger partial charge in [0.25, 0.3) is 5.91 Å². The van der Waals surface area contributed by atoms with Crippen LogP contribution in [0.2, 0.25) is 0 Å². The van der Waals surface area contributed by atoms with Gasteiger partial charge in [-0.25, -0.2) is 0 Å². The van der Waals surface area contributed by atoms with Gasteiger partial charge in [0, 0.05) is 6.08 Å². The summed E-state index contributed by atoms with van der Waals surface area (Å²) in [6.45, 7) is 3.90. The van der Waals surface area contributed by atoms with Gasteiger partial charge in [-0.05, 0) is 48.0 Å². The van der Waals surface area contributed by atoms with Gasteiger partial charge >= 0.3 is 0 Å². The SMILES string of the molecule is CC(C)c1ccccc1OCC(=O)NNC(=S)NC(=O)/C=C/c1ccco1. The van der Waals surface area contributed by atoms with Crippen LogP contribution < -0.4 is 20.9 Å². The Kier molecular flexibility index (Phi) is 7.57. The number of benzene rings is 1. The molecule has 2 rings (SSSR count). The first-order chi connectivity index (χ1) is 13.0. The molecule has 27 heavy (non-hydrogen) atoms. The Hall–Kier alpha value is -3.13. The zero-order valence-electron chi connectivity index (χ0n) is 15.0. The molecule has 0 aliphatic heterocycles. The van der Waals surface area contributed by atoms with Gasteiger partial charge in [-0.1, -0.05) is 32.0 Å². The van der Waals surface area contributed by atoms with E-state index in [4.69, 9.17) is 21.4 Å². The van der Waals surface area contributed by atoms with Crippen LogP contribution in [0.3, 0.4) is 0 Å². The van der Waals surface area contributed by atoms with E-state index in [0.29, 0.717) is 11.5 Å². The number of ether oxygens (including phenoxy) is 1. The molecule has 0 bridgehead atoms. The predicted molar refractivity (Wildman–Crippen MR) is 106 cm³/mol. The van der Waals surface area contributed by atoms with Crippen molar-refractivity contribution in [1.29, 1.82) is 0 Å². The van der Waals surface area contributed by atoms with Crippen LogP contribution in [0.5, 0.6) is 5.75 Å². The Morgan fingerprint density at radius 1 is 1.19 bits per heavy atom. The third-order valence-electron chi connectivity index (χ3n) is 3.39. The number of amides is 2. The smallest absolute Gasteiger partial charge is 0.276 e. The van der Waals surface area contributed by atoms with Crippen molar-refractivity contribution in [2.45, 2.75) is 19.8 Å². The third-order valence-corrected chi connectivity index (χ3v) is 3.60. The first-order valence-electron chi connectivity index (χ1n) is 8.29. The number of hydrazine groups is 1. The maximum atomic E-state index is 11.9. The van der Waals surface area contributed by atoms with Gasteiger partial charge in [-0.15, -0.1) is 0 Å². The molecule has 0 aliphatic carbocycles. The third kappa shape index (κ3) is 6.95. The Morgan fingerprint density at radius 2 is 1.96 bits per heavy atom. The van der Waals surface area contributed by atoms with E-state index in [-0.39, 0.29) is 17.6 Å². The molecule has 0 unspecified atom stereocenters. The number of thiocarbonyl (C=S) groups is 1. The number of para-hydroxylation sites is 1. The quantitative estimate of drug-likeness (QED) is 0.401. The van der Waals surface area contributed by atoms with E-state index in [9.17, 15) is 9.59 Å². The number of hydrogen-bond donors (Lipinski definition) is 3. The molecule has 142 valence electrons. The number of rotatable bonds is 6. The zero-order chi connectivity index (χ0) is 19.6. The van der Waals surface area contributed by atoms with E-state index in [1.54, 1.807) is 12.1 Å². The molecule has 7 nitrogen and oxygen atoms in total. The molecule has 0 saturated heterocycles. The fourth-order valence-electron chi connectivity index (χ4n) is 2.12. The van der Waals surface area contributed by atoms with Crippen LogP contribution in [0.1, 0.15) is 31.1 Å². The minimum atomic E-state index is -0.458. The van der Waals surface area contributed by atoms with Gasteiger partial charge in [-0.2, -0.15) is 0 Å².